The molecule has 0 atom stereocenters. The van der Waals surface area contributed by atoms with E-state index in [1.165, 1.54) is 6.92 Å². The van der Waals surface area contributed by atoms with Crippen LogP contribution in [0.5, 0.6) is 0 Å². The first-order chi connectivity index (χ1) is 14.0. The average Bonchev–Trinajstić information content (AvgIpc) is 2.73. The number of amides is 2. The van der Waals surface area contributed by atoms with Crippen molar-refractivity contribution in [2.24, 2.45) is 0 Å². The Morgan fingerprint density at radius 3 is 2.17 bits per heavy atom. The lowest BCUT2D eigenvalue weighted by atomic mass is 10.2. The lowest BCUT2D eigenvalue weighted by Crippen LogP contribution is -2.16. The highest BCUT2D eigenvalue weighted by Crippen LogP contribution is 2.19. The maximum absolute atomic E-state index is 12.8. The molecule has 1 aromatic heterocycles. The van der Waals surface area contributed by atoms with Gasteiger partial charge in [-0.25, -0.2) is 9.97 Å². The van der Waals surface area contributed by atoms with Gasteiger partial charge in [-0.2, -0.15) is 0 Å². The summed E-state index contributed by atoms with van der Waals surface area (Å²) in [5.41, 5.74) is 2.37. The van der Waals surface area contributed by atoms with Crippen molar-refractivity contribution in [3.63, 3.8) is 0 Å². The van der Waals surface area contributed by atoms with E-state index in [2.05, 4.69) is 32.8 Å². The molecule has 0 aliphatic rings. The number of aromatic nitrogens is 2. The van der Waals surface area contributed by atoms with Gasteiger partial charge >= 0.3 is 0 Å². The van der Waals surface area contributed by atoms with Crippen LogP contribution in [0.25, 0.3) is 11.4 Å². The summed E-state index contributed by atoms with van der Waals surface area (Å²) in [6.45, 7) is 4.25. The average molecular weight is 389 g/mol. The van der Waals surface area contributed by atoms with Crippen LogP contribution in [0.4, 0.5) is 17.2 Å². The van der Waals surface area contributed by atoms with Crippen molar-refractivity contribution in [2.45, 2.75) is 20.3 Å². The van der Waals surface area contributed by atoms with E-state index in [9.17, 15) is 9.59 Å². The highest BCUT2D eigenvalue weighted by molar-refractivity contribution is 6.03. The zero-order valence-electron chi connectivity index (χ0n) is 16.4. The lowest BCUT2D eigenvalue weighted by molar-refractivity contribution is -0.114. The largest absolute Gasteiger partial charge is 0.370 e. The van der Waals surface area contributed by atoms with Crippen molar-refractivity contribution in [2.75, 3.05) is 22.5 Å². The molecule has 0 saturated carbocycles. The molecular weight excluding hydrogens is 366 g/mol. The summed E-state index contributed by atoms with van der Waals surface area (Å²) < 4.78 is 0. The smallest absolute Gasteiger partial charge is 0.274 e. The number of benzene rings is 2. The normalized spacial score (nSPS) is 10.3. The number of anilines is 3. The quantitative estimate of drug-likeness (QED) is 0.563. The third kappa shape index (κ3) is 5.62. The molecule has 0 bridgehead atoms. The Morgan fingerprint density at radius 2 is 1.55 bits per heavy atom. The lowest BCUT2D eigenvalue weighted by Gasteiger charge is -2.11. The molecule has 7 nitrogen and oxygen atoms in total. The summed E-state index contributed by atoms with van der Waals surface area (Å²) in [6.07, 6.45) is 0.937. The molecule has 2 amide bonds. The van der Waals surface area contributed by atoms with Crippen LogP contribution in [-0.4, -0.2) is 28.3 Å². The van der Waals surface area contributed by atoms with Gasteiger partial charge in [0.25, 0.3) is 5.91 Å². The Hall–Kier alpha value is -3.74. The maximum Gasteiger partial charge on any atom is 0.274 e. The monoisotopic (exact) mass is 389 g/mol. The molecule has 0 saturated heterocycles. The standard InChI is InChI=1S/C22H23N5O2/c1-3-13-23-20-14-19(26-21(27-20)16-7-5-4-6-8-16)22(29)25-18-11-9-17(10-12-18)24-15(2)28/h4-12,14H,3,13H2,1-2H3,(H,24,28)(H,25,29)(H,23,26,27). The second-order valence-corrected chi connectivity index (χ2v) is 6.47. The van der Waals surface area contributed by atoms with Crippen LogP contribution in [0.3, 0.4) is 0 Å². The van der Waals surface area contributed by atoms with E-state index in [4.69, 9.17) is 0 Å². The van der Waals surface area contributed by atoms with Crippen LogP contribution >= 0.6 is 0 Å². The highest BCUT2D eigenvalue weighted by atomic mass is 16.2. The predicted octanol–water partition coefficient (Wildman–Crippen LogP) is 4.18. The van der Waals surface area contributed by atoms with Gasteiger partial charge in [-0.05, 0) is 30.7 Å². The SMILES string of the molecule is CCCNc1cc(C(=O)Nc2ccc(NC(C)=O)cc2)nc(-c2ccccc2)n1. The Labute approximate surface area is 169 Å². The second-order valence-electron chi connectivity index (χ2n) is 6.47. The number of carbonyl (C=O) groups excluding carboxylic acids is 2. The summed E-state index contributed by atoms with van der Waals surface area (Å²) in [4.78, 5) is 32.9. The molecule has 0 radical (unpaired) electrons. The van der Waals surface area contributed by atoms with E-state index in [-0.39, 0.29) is 17.5 Å². The molecule has 0 aliphatic heterocycles. The number of nitrogens with one attached hydrogen (secondary N) is 3. The molecule has 0 unspecified atom stereocenters. The maximum atomic E-state index is 12.8. The Bertz CT molecular complexity index is 988. The van der Waals surface area contributed by atoms with Gasteiger partial charge in [0.15, 0.2) is 5.82 Å². The highest BCUT2D eigenvalue weighted by Gasteiger charge is 2.13. The van der Waals surface area contributed by atoms with E-state index in [0.717, 1.165) is 18.5 Å². The summed E-state index contributed by atoms with van der Waals surface area (Å²) >= 11 is 0. The topological polar surface area (TPSA) is 96.0 Å². The third-order valence-corrected chi connectivity index (χ3v) is 4.01. The van der Waals surface area contributed by atoms with E-state index < -0.39 is 0 Å². The van der Waals surface area contributed by atoms with Crippen molar-refractivity contribution in [3.05, 3.63) is 66.4 Å². The van der Waals surface area contributed by atoms with Crippen molar-refractivity contribution >= 4 is 29.0 Å². The Kier molecular flexibility index (Phi) is 6.52. The van der Waals surface area contributed by atoms with Gasteiger partial charge in [0.1, 0.15) is 11.5 Å². The summed E-state index contributed by atoms with van der Waals surface area (Å²) in [6, 6.07) is 18.1. The molecule has 7 heteroatoms. The minimum atomic E-state index is -0.337. The fourth-order valence-corrected chi connectivity index (χ4v) is 2.66. The fourth-order valence-electron chi connectivity index (χ4n) is 2.66. The molecule has 148 valence electrons. The number of hydrogen-bond donors (Lipinski definition) is 3. The second kappa shape index (κ2) is 9.45. The number of rotatable bonds is 7. The molecular formula is C22H23N5O2. The van der Waals surface area contributed by atoms with Crippen molar-refractivity contribution in [3.8, 4) is 11.4 Å². The summed E-state index contributed by atoms with van der Waals surface area (Å²) in [5.74, 6) is 0.601. The molecule has 0 spiro atoms. The first-order valence-electron chi connectivity index (χ1n) is 9.42. The summed E-state index contributed by atoms with van der Waals surface area (Å²) in [5, 5.41) is 8.74. The molecule has 2 aromatic carbocycles. The van der Waals surface area contributed by atoms with Crippen LogP contribution in [0, 0.1) is 0 Å². The third-order valence-electron chi connectivity index (χ3n) is 4.01. The van der Waals surface area contributed by atoms with Gasteiger partial charge < -0.3 is 16.0 Å². The van der Waals surface area contributed by atoms with Crippen molar-refractivity contribution in [1.82, 2.24) is 9.97 Å². The molecule has 29 heavy (non-hydrogen) atoms. The molecule has 0 aliphatic carbocycles. The van der Waals surface area contributed by atoms with Gasteiger partial charge in [0.05, 0.1) is 0 Å². The first kappa shape index (κ1) is 20.0. The van der Waals surface area contributed by atoms with Gasteiger partial charge in [0.2, 0.25) is 5.91 Å². The van der Waals surface area contributed by atoms with Gasteiger partial charge in [-0.3, -0.25) is 9.59 Å². The number of carbonyl (C=O) groups is 2. The minimum Gasteiger partial charge on any atom is -0.370 e. The van der Waals surface area contributed by atoms with Crippen LogP contribution in [0.2, 0.25) is 0 Å². The van der Waals surface area contributed by atoms with Crippen LogP contribution < -0.4 is 16.0 Å². The van der Waals surface area contributed by atoms with Crippen LogP contribution in [0.1, 0.15) is 30.8 Å². The zero-order chi connectivity index (χ0) is 20.6. The van der Waals surface area contributed by atoms with Gasteiger partial charge in [-0.15, -0.1) is 0 Å². The Balaban J connectivity index is 1.84. The van der Waals surface area contributed by atoms with Crippen molar-refractivity contribution < 1.29 is 9.59 Å². The van der Waals surface area contributed by atoms with Crippen molar-refractivity contribution in [1.29, 1.82) is 0 Å². The molecule has 3 N–H and O–H groups in total. The summed E-state index contributed by atoms with van der Waals surface area (Å²) in [7, 11) is 0. The van der Waals surface area contributed by atoms with Crippen LogP contribution in [0.15, 0.2) is 60.7 Å². The van der Waals surface area contributed by atoms with Gasteiger partial charge in [0, 0.05) is 36.5 Å². The minimum absolute atomic E-state index is 0.150. The predicted molar refractivity (Wildman–Crippen MR) is 115 cm³/mol. The van der Waals surface area contributed by atoms with E-state index in [1.54, 1.807) is 30.3 Å². The van der Waals surface area contributed by atoms with E-state index in [0.29, 0.717) is 23.0 Å². The van der Waals surface area contributed by atoms with E-state index >= 15 is 0 Å². The number of hydrogen-bond acceptors (Lipinski definition) is 5. The number of nitrogens with zero attached hydrogens (tertiary/aromatic N) is 2. The molecule has 3 aromatic rings. The van der Waals surface area contributed by atoms with Gasteiger partial charge in [-0.1, -0.05) is 37.3 Å². The Morgan fingerprint density at radius 1 is 0.897 bits per heavy atom. The fraction of sp³-hybridized carbons (Fsp3) is 0.182. The zero-order valence-corrected chi connectivity index (χ0v) is 16.4. The molecule has 0 fully saturated rings. The molecule has 1 heterocycles. The first-order valence-corrected chi connectivity index (χ1v) is 9.42. The van der Waals surface area contributed by atoms with Crippen LogP contribution in [-0.2, 0) is 4.79 Å². The molecule has 3 rings (SSSR count). The van der Waals surface area contributed by atoms with E-state index in [1.807, 2.05) is 30.3 Å².